The Morgan fingerprint density at radius 1 is 1.08 bits per heavy atom. The number of thioether (sulfide) groups is 1. The van der Waals surface area contributed by atoms with E-state index >= 15 is 0 Å². The molecule has 0 atom stereocenters. The van der Waals surface area contributed by atoms with Gasteiger partial charge in [-0.3, -0.25) is 4.57 Å². The molecule has 1 aromatic carbocycles. The summed E-state index contributed by atoms with van der Waals surface area (Å²) in [7, 11) is 0. The maximum atomic E-state index is 12.5. The lowest BCUT2D eigenvalue weighted by atomic mass is 9.95. The van der Waals surface area contributed by atoms with Crippen LogP contribution in [0.3, 0.4) is 0 Å². The highest BCUT2D eigenvalue weighted by atomic mass is 32.2. The summed E-state index contributed by atoms with van der Waals surface area (Å²) < 4.78 is 39.5. The Bertz CT molecular complexity index is 689. The molecule has 2 aromatic rings. The van der Waals surface area contributed by atoms with E-state index in [0.29, 0.717) is 5.16 Å². The molecule has 3 rings (SSSR count). The van der Waals surface area contributed by atoms with Gasteiger partial charge in [0.05, 0.1) is 6.42 Å². The minimum atomic E-state index is -4.14. The van der Waals surface area contributed by atoms with Crippen molar-refractivity contribution in [3.05, 3.63) is 29.8 Å². The number of hydrogen-bond donors (Lipinski definition) is 0. The van der Waals surface area contributed by atoms with E-state index in [-0.39, 0.29) is 11.8 Å². The molecule has 1 heterocycles. The molecule has 0 amide bonds. The highest BCUT2D eigenvalue weighted by Crippen LogP contribution is 2.36. The monoisotopic (exact) mass is 369 g/mol. The molecule has 136 valence electrons. The molecule has 1 saturated carbocycles. The van der Waals surface area contributed by atoms with Crippen LogP contribution in [0.25, 0.3) is 11.4 Å². The summed E-state index contributed by atoms with van der Waals surface area (Å²) in [5, 5.41) is 9.14. The number of aromatic nitrogens is 3. The van der Waals surface area contributed by atoms with Crippen molar-refractivity contribution in [1.29, 1.82) is 0 Å². The number of alkyl halides is 3. The first kappa shape index (κ1) is 18.3. The SMILES string of the molecule is Cc1ccc(-c2nnc(SCCC(F)(F)F)n2C2CCCCC2)cc1. The molecule has 1 aromatic heterocycles. The van der Waals surface area contributed by atoms with Crippen molar-refractivity contribution in [3.63, 3.8) is 0 Å². The molecule has 1 aliphatic carbocycles. The van der Waals surface area contributed by atoms with Gasteiger partial charge in [0.25, 0.3) is 0 Å². The van der Waals surface area contributed by atoms with Crippen LogP contribution in [0.4, 0.5) is 13.2 Å². The van der Waals surface area contributed by atoms with Gasteiger partial charge in [-0.2, -0.15) is 13.2 Å². The molecule has 0 unspecified atom stereocenters. The zero-order valence-electron chi connectivity index (χ0n) is 14.2. The maximum Gasteiger partial charge on any atom is 0.389 e. The predicted octanol–water partition coefficient (Wildman–Crippen LogP) is 5.80. The molecule has 0 N–H and O–H groups in total. The highest BCUT2D eigenvalue weighted by Gasteiger charge is 2.28. The molecule has 25 heavy (non-hydrogen) atoms. The number of aryl methyl sites for hydroxylation is 1. The van der Waals surface area contributed by atoms with Crippen molar-refractivity contribution >= 4 is 11.8 Å². The highest BCUT2D eigenvalue weighted by molar-refractivity contribution is 7.99. The minimum Gasteiger partial charge on any atom is -0.299 e. The van der Waals surface area contributed by atoms with Gasteiger partial charge in [0.1, 0.15) is 0 Å². The lowest BCUT2D eigenvalue weighted by molar-refractivity contribution is -0.129. The van der Waals surface area contributed by atoms with Crippen molar-refractivity contribution in [1.82, 2.24) is 14.8 Å². The van der Waals surface area contributed by atoms with Crippen molar-refractivity contribution in [2.45, 2.75) is 62.8 Å². The van der Waals surface area contributed by atoms with E-state index in [9.17, 15) is 13.2 Å². The molecular weight excluding hydrogens is 347 g/mol. The second kappa shape index (κ2) is 7.81. The summed E-state index contributed by atoms with van der Waals surface area (Å²) in [6.45, 7) is 2.02. The Kier molecular flexibility index (Phi) is 5.71. The summed E-state index contributed by atoms with van der Waals surface area (Å²) in [6.07, 6.45) is 0.617. The number of halogens is 3. The zero-order chi connectivity index (χ0) is 17.9. The van der Waals surface area contributed by atoms with E-state index in [1.54, 1.807) is 0 Å². The molecule has 3 nitrogen and oxygen atoms in total. The summed E-state index contributed by atoms with van der Waals surface area (Å²) >= 11 is 1.16. The van der Waals surface area contributed by atoms with E-state index in [1.807, 2.05) is 31.2 Å². The van der Waals surface area contributed by atoms with Crippen LogP contribution in [0.1, 0.15) is 50.1 Å². The second-order valence-corrected chi connectivity index (χ2v) is 7.61. The van der Waals surface area contributed by atoms with Gasteiger partial charge in [-0.25, -0.2) is 0 Å². The molecular formula is C18H22F3N3S. The molecule has 0 radical (unpaired) electrons. The average molecular weight is 369 g/mol. The zero-order valence-corrected chi connectivity index (χ0v) is 15.0. The van der Waals surface area contributed by atoms with Gasteiger partial charge in [-0.1, -0.05) is 60.9 Å². The molecule has 1 fully saturated rings. The van der Waals surface area contributed by atoms with E-state index in [0.717, 1.165) is 54.4 Å². The summed E-state index contributed by atoms with van der Waals surface area (Å²) in [6, 6.07) is 8.32. The van der Waals surface area contributed by atoms with Crippen LogP contribution in [0.15, 0.2) is 29.4 Å². The topological polar surface area (TPSA) is 30.7 Å². The first-order valence-corrected chi connectivity index (χ1v) is 9.64. The third kappa shape index (κ3) is 4.77. The van der Waals surface area contributed by atoms with Crippen LogP contribution in [-0.4, -0.2) is 26.7 Å². The lowest BCUT2D eigenvalue weighted by Gasteiger charge is -2.25. The van der Waals surface area contributed by atoms with Gasteiger partial charge in [0.15, 0.2) is 11.0 Å². The first-order chi connectivity index (χ1) is 11.9. The second-order valence-electron chi connectivity index (χ2n) is 6.55. The minimum absolute atomic E-state index is 0.0255. The van der Waals surface area contributed by atoms with E-state index in [2.05, 4.69) is 14.8 Å². The van der Waals surface area contributed by atoms with E-state index in [4.69, 9.17) is 0 Å². The Labute approximate surface area is 150 Å². The van der Waals surface area contributed by atoms with Gasteiger partial charge in [0.2, 0.25) is 0 Å². The maximum absolute atomic E-state index is 12.5. The third-order valence-corrected chi connectivity index (χ3v) is 5.48. The Balaban J connectivity index is 1.88. The predicted molar refractivity (Wildman–Crippen MR) is 93.7 cm³/mol. The van der Waals surface area contributed by atoms with E-state index < -0.39 is 12.6 Å². The summed E-state index contributed by atoms with van der Waals surface area (Å²) in [5.41, 5.74) is 2.12. The number of rotatable bonds is 5. The average Bonchev–Trinajstić information content (AvgIpc) is 2.99. The molecule has 0 bridgehead atoms. The molecule has 0 saturated heterocycles. The van der Waals surface area contributed by atoms with Gasteiger partial charge in [0, 0.05) is 17.4 Å². The van der Waals surface area contributed by atoms with Crippen LogP contribution >= 0.6 is 11.8 Å². The Hall–Kier alpha value is -1.50. The lowest BCUT2D eigenvalue weighted by Crippen LogP contribution is -2.15. The number of benzene rings is 1. The Morgan fingerprint density at radius 2 is 1.76 bits per heavy atom. The van der Waals surface area contributed by atoms with Crippen LogP contribution in [0.2, 0.25) is 0 Å². The third-order valence-electron chi connectivity index (χ3n) is 4.53. The van der Waals surface area contributed by atoms with Gasteiger partial charge in [-0.15, -0.1) is 10.2 Å². The van der Waals surface area contributed by atoms with Gasteiger partial charge in [-0.05, 0) is 19.8 Å². The molecule has 0 aliphatic heterocycles. The summed E-state index contributed by atoms with van der Waals surface area (Å²) in [5.74, 6) is 0.740. The van der Waals surface area contributed by atoms with Crippen LogP contribution in [-0.2, 0) is 0 Å². The van der Waals surface area contributed by atoms with Crippen molar-refractivity contribution < 1.29 is 13.2 Å². The van der Waals surface area contributed by atoms with Gasteiger partial charge < -0.3 is 0 Å². The largest absolute Gasteiger partial charge is 0.389 e. The van der Waals surface area contributed by atoms with Crippen LogP contribution in [0, 0.1) is 6.92 Å². The quantitative estimate of drug-likeness (QED) is 0.624. The summed E-state index contributed by atoms with van der Waals surface area (Å²) in [4.78, 5) is 0. The number of hydrogen-bond acceptors (Lipinski definition) is 3. The fourth-order valence-electron chi connectivity index (χ4n) is 3.20. The molecule has 0 spiro atoms. The van der Waals surface area contributed by atoms with E-state index in [1.165, 1.54) is 6.42 Å². The van der Waals surface area contributed by atoms with Crippen molar-refractivity contribution in [3.8, 4) is 11.4 Å². The molecule has 1 aliphatic rings. The molecule has 7 heteroatoms. The van der Waals surface area contributed by atoms with Gasteiger partial charge >= 0.3 is 6.18 Å². The number of nitrogens with zero attached hydrogens (tertiary/aromatic N) is 3. The van der Waals surface area contributed by atoms with Crippen LogP contribution < -0.4 is 0 Å². The van der Waals surface area contributed by atoms with Crippen molar-refractivity contribution in [2.24, 2.45) is 0 Å². The smallest absolute Gasteiger partial charge is 0.299 e. The fourth-order valence-corrected chi connectivity index (χ4v) is 4.19. The van der Waals surface area contributed by atoms with Crippen molar-refractivity contribution in [2.75, 3.05) is 5.75 Å². The normalized spacial score (nSPS) is 16.3. The fraction of sp³-hybridized carbons (Fsp3) is 0.556. The first-order valence-electron chi connectivity index (χ1n) is 8.65. The van der Waals surface area contributed by atoms with Crippen LogP contribution in [0.5, 0.6) is 0 Å². The Morgan fingerprint density at radius 3 is 2.40 bits per heavy atom. The standard InChI is InChI=1S/C18H22F3N3S/c1-13-7-9-14(10-8-13)16-22-23-17(25-12-11-18(19,20)21)24(16)15-5-3-2-4-6-15/h7-10,15H,2-6,11-12H2,1H3.